The van der Waals surface area contributed by atoms with E-state index in [1.54, 1.807) is 25.1 Å². The van der Waals surface area contributed by atoms with Gasteiger partial charge < -0.3 is 0 Å². The highest BCUT2D eigenvalue weighted by molar-refractivity contribution is 9.10. The summed E-state index contributed by atoms with van der Waals surface area (Å²) < 4.78 is 0.835. The van der Waals surface area contributed by atoms with Gasteiger partial charge >= 0.3 is 0 Å². The average Bonchev–Trinajstić information content (AvgIpc) is 2.08. The fourth-order valence-corrected chi connectivity index (χ4v) is 1.47. The molecule has 1 rings (SSSR count). The monoisotopic (exact) mass is 258 g/mol. The summed E-state index contributed by atoms with van der Waals surface area (Å²) in [6.45, 7) is 5.24. The summed E-state index contributed by atoms with van der Waals surface area (Å²) in [4.78, 5) is 11.5. The minimum absolute atomic E-state index is 0.119. The lowest BCUT2D eigenvalue weighted by Crippen LogP contribution is -2.00. The highest BCUT2D eigenvalue weighted by Gasteiger charge is 2.10. The third-order valence-electron chi connectivity index (χ3n) is 1.56. The minimum Gasteiger partial charge on any atom is -0.289 e. The molecule has 3 heteroatoms. The van der Waals surface area contributed by atoms with Crippen LogP contribution in [0, 0.1) is 0 Å². The Bertz CT molecular complexity index is 371. The molecule has 68 valence electrons. The fraction of sp³-hybridized carbons (Fsp3) is 0.100. The van der Waals surface area contributed by atoms with Crippen molar-refractivity contribution in [1.29, 1.82) is 0 Å². The van der Waals surface area contributed by atoms with E-state index < -0.39 is 0 Å². The number of Topliss-reactive ketones (excluding diaryl/α,β-unsaturated/α-hetero) is 1. The summed E-state index contributed by atoms with van der Waals surface area (Å²) in [6.07, 6.45) is 0. The Morgan fingerprint density at radius 1 is 1.54 bits per heavy atom. The molecule has 0 saturated heterocycles. The number of rotatable bonds is 2. The van der Waals surface area contributed by atoms with Gasteiger partial charge in [0.25, 0.3) is 0 Å². The van der Waals surface area contributed by atoms with Crippen molar-refractivity contribution in [2.45, 2.75) is 6.92 Å². The maximum absolute atomic E-state index is 11.5. The molecule has 0 saturated carbocycles. The second kappa shape index (κ2) is 4.07. The molecule has 0 fully saturated rings. The summed E-state index contributed by atoms with van der Waals surface area (Å²) in [5, 5.41) is 0.455. The first-order valence-corrected chi connectivity index (χ1v) is 4.84. The van der Waals surface area contributed by atoms with Crippen LogP contribution in [0.25, 0.3) is 0 Å². The predicted molar refractivity (Wildman–Crippen MR) is 58.3 cm³/mol. The zero-order chi connectivity index (χ0) is 10.0. The molecule has 1 aromatic carbocycles. The van der Waals surface area contributed by atoms with Gasteiger partial charge in [-0.25, -0.2) is 0 Å². The van der Waals surface area contributed by atoms with Crippen LogP contribution in [-0.2, 0) is 0 Å². The summed E-state index contributed by atoms with van der Waals surface area (Å²) in [5.74, 6) is -0.119. The summed E-state index contributed by atoms with van der Waals surface area (Å²) in [5.41, 5.74) is 0.976. The van der Waals surface area contributed by atoms with Crippen molar-refractivity contribution < 1.29 is 4.79 Å². The van der Waals surface area contributed by atoms with E-state index >= 15 is 0 Å². The smallest absolute Gasteiger partial charge is 0.189 e. The Morgan fingerprint density at radius 2 is 2.15 bits per heavy atom. The fourth-order valence-electron chi connectivity index (χ4n) is 0.901. The van der Waals surface area contributed by atoms with E-state index in [-0.39, 0.29) is 5.78 Å². The number of allylic oxidation sites excluding steroid dienone is 1. The Kier molecular flexibility index (Phi) is 3.28. The van der Waals surface area contributed by atoms with Crippen molar-refractivity contribution >= 4 is 33.3 Å². The van der Waals surface area contributed by atoms with E-state index in [1.807, 2.05) is 0 Å². The quantitative estimate of drug-likeness (QED) is 0.582. The molecule has 0 unspecified atom stereocenters. The molecule has 0 aliphatic carbocycles. The van der Waals surface area contributed by atoms with Crippen LogP contribution in [0.2, 0.25) is 5.02 Å². The van der Waals surface area contributed by atoms with Gasteiger partial charge in [0.05, 0.1) is 5.02 Å². The Labute approximate surface area is 90.5 Å². The van der Waals surface area contributed by atoms with Crippen LogP contribution in [0.4, 0.5) is 0 Å². The minimum atomic E-state index is -0.119. The highest BCUT2D eigenvalue weighted by Crippen LogP contribution is 2.22. The molecule has 0 N–H and O–H groups in total. The summed E-state index contributed by atoms with van der Waals surface area (Å²) in [7, 11) is 0. The maximum Gasteiger partial charge on any atom is 0.189 e. The average molecular weight is 260 g/mol. The molecule has 1 nitrogen and oxygen atoms in total. The number of carbonyl (C=O) groups excluding carboxylic acids is 1. The molecular weight excluding hydrogens is 251 g/mol. The summed E-state index contributed by atoms with van der Waals surface area (Å²) in [6, 6.07) is 5.17. The Hall–Kier alpha value is -0.600. The van der Waals surface area contributed by atoms with E-state index in [4.69, 9.17) is 11.6 Å². The lowest BCUT2D eigenvalue weighted by molar-refractivity contribution is 0.103. The molecule has 0 aliphatic heterocycles. The van der Waals surface area contributed by atoms with E-state index in [2.05, 4.69) is 22.5 Å². The third-order valence-corrected chi connectivity index (χ3v) is 2.38. The molecular formula is C10H8BrClO. The second-order valence-corrected chi connectivity index (χ2v) is 4.06. The van der Waals surface area contributed by atoms with Crippen LogP contribution >= 0.6 is 27.5 Å². The lowest BCUT2D eigenvalue weighted by Gasteiger charge is -2.02. The van der Waals surface area contributed by atoms with Crippen molar-refractivity contribution in [3.8, 4) is 0 Å². The number of hydrogen-bond acceptors (Lipinski definition) is 1. The topological polar surface area (TPSA) is 17.1 Å². The Morgan fingerprint density at radius 3 is 2.69 bits per heavy atom. The molecule has 1 aromatic rings. The SMILES string of the molecule is C=C(C)C(=O)c1cc(Br)ccc1Cl. The zero-order valence-corrected chi connectivity index (χ0v) is 9.45. The number of benzene rings is 1. The first-order valence-electron chi connectivity index (χ1n) is 3.67. The third kappa shape index (κ3) is 2.42. The molecule has 0 radical (unpaired) electrons. The molecule has 0 aliphatic rings. The standard InChI is InChI=1S/C10H8BrClO/c1-6(2)10(13)8-5-7(11)3-4-9(8)12/h3-5H,1H2,2H3. The van der Waals surface area contributed by atoms with Gasteiger partial charge in [-0.15, -0.1) is 0 Å². The van der Waals surface area contributed by atoms with Crippen LogP contribution in [0.15, 0.2) is 34.8 Å². The van der Waals surface area contributed by atoms with Crippen LogP contribution in [0.3, 0.4) is 0 Å². The van der Waals surface area contributed by atoms with E-state index in [0.717, 1.165) is 4.47 Å². The first-order chi connectivity index (χ1) is 6.02. The maximum atomic E-state index is 11.5. The summed E-state index contributed by atoms with van der Waals surface area (Å²) >= 11 is 9.13. The normalized spacial score (nSPS) is 9.77. The van der Waals surface area contributed by atoms with Gasteiger partial charge in [0.15, 0.2) is 5.78 Å². The number of hydrogen-bond donors (Lipinski definition) is 0. The van der Waals surface area contributed by atoms with Crippen molar-refractivity contribution in [1.82, 2.24) is 0 Å². The van der Waals surface area contributed by atoms with Crippen LogP contribution in [-0.4, -0.2) is 5.78 Å². The molecule has 0 atom stereocenters. The van der Waals surface area contributed by atoms with Crippen molar-refractivity contribution in [3.63, 3.8) is 0 Å². The number of halogens is 2. The zero-order valence-electron chi connectivity index (χ0n) is 7.10. The van der Waals surface area contributed by atoms with Gasteiger partial charge in [0.2, 0.25) is 0 Å². The number of carbonyl (C=O) groups is 1. The van der Waals surface area contributed by atoms with Crippen molar-refractivity contribution in [2.24, 2.45) is 0 Å². The predicted octanol–water partition coefficient (Wildman–Crippen LogP) is 3.86. The van der Waals surface area contributed by atoms with E-state index in [0.29, 0.717) is 16.2 Å². The largest absolute Gasteiger partial charge is 0.289 e. The van der Waals surface area contributed by atoms with Crippen molar-refractivity contribution in [3.05, 3.63) is 45.4 Å². The van der Waals surface area contributed by atoms with Gasteiger partial charge in [0.1, 0.15) is 0 Å². The van der Waals surface area contributed by atoms with Crippen molar-refractivity contribution in [2.75, 3.05) is 0 Å². The Balaban J connectivity index is 3.21. The van der Waals surface area contributed by atoms with Gasteiger partial charge in [-0.05, 0) is 30.7 Å². The van der Waals surface area contributed by atoms with Gasteiger partial charge in [-0.1, -0.05) is 34.1 Å². The molecule has 0 aromatic heterocycles. The van der Waals surface area contributed by atoms with Crippen LogP contribution < -0.4 is 0 Å². The van der Waals surface area contributed by atoms with Gasteiger partial charge in [0, 0.05) is 10.0 Å². The van der Waals surface area contributed by atoms with E-state index in [1.165, 1.54) is 0 Å². The highest BCUT2D eigenvalue weighted by atomic mass is 79.9. The first kappa shape index (κ1) is 10.5. The molecule has 0 heterocycles. The molecule has 0 bridgehead atoms. The molecule has 0 amide bonds. The molecule has 0 spiro atoms. The molecule has 13 heavy (non-hydrogen) atoms. The lowest BCUT2D eigenvalue weighted by atomic mass is 10.1. The number of ketones is 1. The van der Waals surface area contributed by atoms with Crippen LogP contribution in [0.5, 0.6) is 0 Å². The van der Waals surface area contributed by atoms with Gasteiger partial charge in [-0.2, -0.15) is 0 Å². The van der Waals surface area contributed by atoms with E-state index in [9.17, 15) is 4.79 Å². The van der Waals surface area contributed by atoms with Crippen LogP contribution in [0.1, 0.15) is 17.3 Å². The second-order valence-electron chi connectivity index (χ2n) is 2.73. The van der Waals surface area contributed by atoms with Gasteiger partial charge in [-0.3, -0.25) is 4.79 Å².